The average Bonchev–Trinajstić information content (AvgIpc) is 2.97. The van der Waals surface area contributed by atoms with Crippen LogP contribution in [0.2, 0.25) is 0 Å². The van der Waals surface area contributed by atoms with Crippen molar-refractivity contribution in [2.75, 3.05) is 14.2 Å². The lowest BCUT2D eigenvalue weighted by molar-refractivity contribution is -0.126. The Balaban J connectivity index is 1.99. The fourth-order valence-corrected chi connectivity index (χ4v) is 4.29. The van der Waals surface area contributed by atoms with Crippen molar-refractivity contribution in [1.82, 2.24) is 0 Å². The molecule has 160 valence electrons. The molecule has 0 amide bonds. The van der Waals surface area contributed by atoms with Crippen LogP contribution in [0.1, 0.15) is 11.1 Å². The van der Waals surface area contributed by atoms with Gasteiger partial charge in [-0.25, -0.2) is 0 Å². The van der Waals surface area contributed by atoms with Gasteiger partial charge in [-0.2, -0.15) is 8.42 Å². The van der Waals surface area contributed by atoms with Crippen molar-refractivity contribution >= 4 is 39.4 Å². The molecule has 0 aromatic heterocycles. The summed E-state index contributed by atoms with van der Waals surface area (Å²) in [5.41, 5.74) is 5.07. The highest BCUT2D eigenvalue weighted by molar-refractivity contribution is 7.90. The molecule has 8 nitrogen and oxygen atoms in total. The molecule has 1 aliphatic heterocycles. The largest absolute Gasteiger partial charge is 0.497 e. The quantitative estimate of drug-likeness (QED) is 0.415. The van der Waals surface area contributed by atoms with E-state index < -0.39 is 37.6 Å². The lowest BCUT2D eigenvalue weighted by Gasteiger charge is -2.26. The lowest BCUT2D eigenvalue weighted by Crippen LogP contribution is -2.40. The average molecular weight is 441 g/mol. The van der Waals surface area contributed by atoms with Gasteiger partial charge < -0.3 is 24.1 Å². The number of rotatable bonds is 7. The number of ketones is 1. The first-order valence-corrected chi connectivity index (χ1v) is 10.8. The minimum Gasteiger partial charge on any atom is -0.497 e. The van der Waals surface area contributed by atoms with E-state index in [0.717, 1.165) is 0 Å². The molecule has 0 bridgehead atoms. The van der Waals surface area contributed by atoms with E-state index in [1.807, 2.05) is 0 Å². The third kappa shape index (κ3) is 3.76. The highest BCUT2D eigenvalue weighted by Crippen LogP contribution is 2.42. The first-order valence-electron chi connectivity index (χ1n) is 9.43. The summed E-state index contributed by atoms with van der Waals surface area (Å²) in [6.45, 7) is 0. The van der Waals surface area contributed by atoms with Gasteiger partial charge in [0, 0.05) is 5.56 Å². The maximum absolute atomic E-state index is 13.3. The second kappa shape index (κ2) is 7.92. The second-order valence-corrected chi connectivity index (χ2v) is 9.73. The van der Waals surface area contributed by atoms with Gasteiger partial charge in [0.15, 0.2) is 13.3 Å². The number of ether oxygens (including phenoxy) is 3. The van der Waals surface area contributed by atoms with Gasteiger partial charge in [0.1, 0.15) is 27.2 Å². The summed E-state index contributed by atoms with van der Waals surface area (Å²) < 4.78 is 46.3. The Morgan fingerprint density at radius 2 is 1.71 bits per heavy atom. The summed E-state index contributed by atoms with van der Waals surface area (Å²) in [5, 5.41) is 0. The van der Waals surface area contributed by atoms with Crippen LogP contribution in [0.15, 0.2) is 60.2 Å². The van der Waals surface area contributed by atoms with Crippen molar-refractivity contribution in [3.8, 4) is 11.5 Å². The zero-order valence-corrected chi connectivity index (χ0v) is 18.8. The predicted molar refractivity (Wildman–Crippen MR) is 122 cm³/mol. The highest BCUT2D eigenvalue weighted by atomic mass is 32.2. The molecule has 3 rings (SSSR count). The monoisotopic (exact) mass is 441 g/mol. The van der Waals surface area contributed by atoms with Gasteiger partial charge in [0.05, 0.1) is 18.8 Å². The van der Waals surface area contributed by atoms with Gasteiger partial charge in [-0.3, -0.25) is 4.79 Å². The molecule has 1 heterocycles. The van der Waals surface area contributed by atoms with Crippen LogP contribution in [0.25, 0.3) is 0 Å². The third-order valence-corrected chi connectivity index (χ3v) is 7.26. The molecule has 2 aromatic rings. The molecule has 2 aromatic carbocycles. The summed E-state index contributed by atoms with van der Waals surface area (Å²) in [7, 11) is 3.03. The van der Waals surface area contributed by atoms with E-state index in [4.69, 9.17) is 24.1 Å². The van der Waals surface area contributed by atoms with Crippen LogP contribution in [-0.2, 0) is 33.9 Å². The topological polar surface area (TPSA) is 114 Å². The van der Waals surface area contributed by atoms with Crippen LogP contribution in [0.5, 0.6) is 11.5 Å². The fourth-order valence-electron chi connectivity index (χ4n) is 3.28. The summed E-state index contributed by atoms with van der Waals surface area (Å²) in [6.07, 6.45) is 0. The van der Waals surface area contributed by atoms with E-state index in [9.17, 15) is 13.2 Å². The molecule has 0 unspecified atom stereocenters. The lowest BCUT2D eigenvalue weighted by atomic mass is 9.65. The Labute approximate surface area is 184 Å². The summed E-state index contributed by atoms with van der Waals surface area (Å²) in [5.74, 6) is -0.942. The van der Waals surface area contributed by atoms with Crippen LogP contribution in [-0.4, -0.2) is 52.0 Å². The van der Waals surface area contributed by atoms with Crippen LogP contribution in [0.4, 0.5) is 0 Å². The van der Waals surface area contributed by atoms with Crippen molar-refractivity contribution in [2.45, 2.75) is 10.0 Å². The predicted octanol–water partition coefficient (Wildman–Crippen LogP) is -1.36. The molecule has 2 N–H and O–H groups in total. The van der Waals surface area contributed by atoms with Crippen LogP contribution in [0.3, 0.4) is 0 Å². The molecule has 1 aliphatic rings. The SMILES string of the molecule is BC(B)(c1ccccc1)S(=O)(=O)OC1=C(N)O[C@](B)(c2cc(OC)ccc2OC)C1=O. The van der Waals surface area contributed by atoms with Crippen molar-refractivity contribution in [3.05, 3.63) is 71.3 Å². The highest BCUT2D eigenvalue weighted by Gasteiger charge is 2.52. The van der Waals surface area contributed by atoms with E-state index in [-0.39, 0.29) is 0 Å². The van der Waals surface area contributed by atoms with Gasteiger partial charge in [-0.15, -0.1) is 0 Å². The smallest absolute Gasteiger partial charge is 0.304 e. The third-order valence-electron chi connectivity index (χ3n) is 5.39. The Bertz CT molecular complexity index is 1150. The molecule has 0 fully saturated rings. The van der Waals surface area contributed by atoms with Gasteiger partial charge >= 0.3 is 10.1 Å². The molecule has 12 heteroatoms. The number of benzene rings is 2. The molecule has 0 aliphatic carbocycles. The first kappa shape index (κ1) is 22.7. The van der Waals surface area contributed by atoms with Crippen LogP contribution in [0, 0.1) is 0 Å². The summed E-state index contributed by atoms with van der Waals surface area (Å²) >= 11 is 0. The minimum atomic E-state index is -4.32. The molecule has 31 heavy (non-hydrogen) atoms. The fraction of sp³-hybridized carbons (Fsp3) is 0.211. The molecular formula is C19H22B3NO7S. The van der Waals surface area contributed by atoms with E-state index in [1.165, 1.54) is 37.8 Å². The van der Waals surface area contributed by atoms with Gasteiger partial charge in [-0.1, -0.05) is 30.3 Å². The maximum atomic E-state index is 13.3. The number of nitrogens with two attached hydrogens (primary N) is 1. The molecule has 0 radical (unpaired) electrons. The molecule has 0 spiro atoms. The van der Waals surface area contributed by atoms with Gasteiger partial charge in [0.25, 0.3) is 0 Å². The zero-order chi connectivity index (χ0) is 23.0. The maximum Gasteiger partial charge on any atom is 0.304 e. The number of hydrogen-bond acceptors (Lipinski definition) is 8. The van der Waals surface area contributed by atoms with Crippen LogP contribution >= 0.6 is 0 Å². The van der Waals surface area contributed by atoms with E-state index >= 15 is 0 Å². The van der Waals surface area contributed by atoms with E-state index in [0.29, 0.717) is 22.6 Å². The second-order valence-electron chi connectivity index (χ2n) is 7.64. The zero-order valence-electron chi connectivity index (χ0n) is 18.0. The summed E-state index contributed by atoms with van der Waals surface area (Å²) in [6, 6.07) is 13.4. The number of methoxy groups -OCH3 is 2. The van der Waals surface area contributed by atoms with Gasteiger partial charge in [0.2, 0.25) is 17.4 Å². The molecule has 0 saturated carbocycles. The van der Waals surface area contributed by atoms with E-state index in [2.05, 4.69) is 0 Å². The molecule has 1 atom stereocenters. The van der Waals surface area contributed by atoms with Crippen molar-refractivity contribution in [3.63, 3.8) is 0 Å². The van der Waals surface area contributed by atoms with E-state index in [1.54, 1.807) is 48.5 Å². The van der Waals surface area contributed by atoms with Crippen molar-refractivity contribution < 1.29 is 31.6 Å². The number of carbonyl (C=O) groups excluding carboxylic acids is 1. The minimum absolute atomic E-state index is 0.320. The normalized spacial score (nSPS) is 19.1. The Kier molecular flexibility index (Phi) is 5.79. The summed E-state index contributed by atoms with van der Waals surface area (Å²) in [4.78, 5) is 13.3. The molecular weight excluding hydrogens is 419 g/mol. The van der Waals surface area contributed by atoms with Crippen molar-refractivity contribution in [1.29, 1.82) is 0 Å². The standard InChI is InChI=1S/C19H22B3NO7S/c1-27-12-8-9-14(28-2)13(10-12)18(20)16(24)15(17(23)29-18)30-31(25,26)19(21,22)11-6-4-3-5-7-11/h3-10H,20-23H2,1-2H3/t18-/m1/s1. The van der Waals surface area contributed by atoms with Crippen molar-refractivity contribution in [2.24, 2.45) is 5.73 Å². The van der Waals surface area contributed by atoms with Crippen LogP contribution < -0.4 is 15.2 Å². The Morgan fingerprint density at radius 1 is 1.06 bits per heavy atom. The van der Waals surface area contributed by atoms with Gasteiger partial charge in [-0.05, 0) is 23.8 Å². The number of carbonyl (C=O) groups is 1. The Hall–Kier alpha value is -3.01. The Morgan fingerprint density at radius 3 is 2.29 bits per heavy atom. The molecule has 0 saturated heterocycles. The number of hydrogen-bond donors (Lipinski definition) is 1. The first-order chi connectivity index (χ1) is 14.5. The number of Topliss-reactive ketones (excluding diaryl/α,β-unsaturated/α-hetero) is 1.